The van der Waals surface area contributed by atoms with Crippen molar-refractivity contribution in [2.24, 2.45) is 0 Å². The Labute approximate surface area is 260 Å². The number of alkyl halides is 3. The van der Waals surface area contributed by atoms with Crippen LogP contribution in [0.5, 0.6) is 0 Å². The topological polar surface area (TPSA) is 101 Å². The summed E-state index contributed by atoms with van der Waals surface area (Å²) in [4.78, 5) is 32.0. The van der Waals surface area contributed by atoms with Crippen LogP contribution in [-0.4, -0.2) is 70.9 Å². The summed E-state index contributed by atoms with van der Waals surface area (Å²) in [5.74, 6) is -0.842. The number of amides is 2. The summed E-state index contributed by atoms with van der Waals surface area (Å²) in [6.45, 7) is 8.70. The molecule has 0 bridgehead atoms. The van der Waals surface area contributed by atoms with Gasteiger partial charge in [-0.1, -0.05) is 28.1 Å². The number of fused-ring (bicyclic) bond motifs is 1. The van der Waals surface area contributed by atoms with Crippen molar-refractivity contribution in [3.05, 3.63) is 86.8 Å². The number of carbonyl (C=O) groups excluding carboxylic acids is 2. The number of carbonyl (C=O) groups is 2. The number of benzene rings is 2. The van der Waals surface area contributed by atoms with Crippen molar-refractivity contribution in [2.75, 3.05) is 44.7 Å². The van der Waals surface area contributed by atoms with E-state index in [4.69, 9.17) is 4.74 Å². The fourth-order valence-corrected chi connectivity index (χ4v) is 5.47. The summed E-state index contributed by atoms with van der Waals surface area (Å²) in [6, 6.07) is 12.5. The monoisotopic (exact) mass is 672 g/mol. The van der Waals surface area contributed by atoms with E-state index >= 15 is 0 Å². The van der Waals surface area contributed by atoms with Gasteiger partial charge in [0.15, 0.2) is 0 Å². The first-order chi connectivity index (χ1) is 21.0. The predicted molar refractivity (Wildman–Crippen MR) is 164 cm³/mol. The van der Waals surface area contributed by atoms with Gasteiger partial charge >= 0.3 is 6.18 Å². The van der Waals surface area contributed by atoms with Gasteiger partial charge < -0.3 is 15.4 Å². The number of nitrogens with one attached hydrogen (secondary N) is 2. The fourth-order valence-electron chi connectivity index (χ4n) is 5.11. The molecule has 1 aliphatic heterocycles. The van der Waals surface area contributed by atoms with Crippen LogP contribution in [0.2, 0.25) is 0 Å². The first kappa shape index (κ1) is 31.6. The van der Waals surface area contributed by atoms with Crippen molar-refractivity contribution in [1.82, 2.24) is 25.0 Å². The van der Waals surface area contributed by atoms with Crippen LogP contribution in [0.25, 0.3) is 10.9 Å². The van der Waals surface area contributed by atoms with Crippen molar-refractivity contribution < 1.29 is 27.5 Å². The molecule has 44 heavy (non-hydrogen) atoms. The van der Waals surface area contributed by atoms with Gasteiger partial charge in [0.2, 0.25) is 0 Å². The minimum Gasteiger partial charge on any atom is -0.379 e. The van der Waals surface area contributed by atoms with Crippen LogP contribution in [0.15, 0.2) is 53.0 Å². The molecule has 0 spiro atoms. The molecular weight excluding hydrogens is 641 g/mol. The third-order valence-electron chi connectivity index (χ3n) is 7.51. The molecule has 2 aromatic carbocycles. The first-order valence-corrected chi connectivity index (χ1v) is 15.0. The molecule has 0 aliphatic carbocycles. The normalized spacial score (nSPS) is 14.1. The average Bonchev–Trinajstić information content (AvgIpc) is 3.26. The number of rotatable bonds is 9. The number of aryl methyl sites for hydroxylation is 1. The first-order valence-electron chi connectivity index (χ1n) is 14.2. The van der Waals surface area contributed by atoms with Gasteiger partial charge in [-0.3, -0.25) is 19.2 Å². The Hall–Kier alpha value is -3.81. The van der Waals surface area contributed by atoms with Crippen LogP contribution in [0.3, 0.4) is 0 Å². The number of hydrogen-bond acceptors (Lipinski definition) is 6. The maximum absolute atomic E-state index is 13.6. The maximum atomic E-state index is 13.6. The number of hydrogen-bond donors (Lipinski definition) is 2. The molecule has 0 atom stereocenters. The number of morpholine rings is 1. The largest absolute Gasteiger partial charge is 0.433 e. The molecule has 0 saturated carbocycles. The molecule has 1 aliphatic rings. The van der Waals surface area contributed by atoms with Gasteiger partial charge in [-0.15, -0.1) is 0 Å². The van der Waals surface area contributed by atoms with E-state index in [2.05, 4.69) is 41.5 Å². The molecule has 1 saturated heterocycles. The van der Waals surface area contributed by atoms with Crippen LogP contribution < -0.4 is 10.6 Å². The van der Waals surface area contributed by atoms with Gasteiger partial charge in [0.25, 0.3) is 11.8 Å². The summed E-state index contributed by atoms with van der Waals surface area (Å²) in [5, 5.41) is 10.6. The van der Waals surface area contributed by atoms with Crippen molar-refractivity contribution in [3.63, 3.8) is 0 Å². The molecule has 2 N–H and O–H groups in total. The highest BCUT2D eigenvalue weighted by Gasteiger charge is 2.34. The zero-order valence-electron chi connectivity index (χ0n) is 24.3. The standard InChI is InChI=1S/C31H32BrF3N6O3/c1-19-28(38-30(43)25-17-27(31(33,34)35)37-26-9-8-23(32)16-24(25)26)20(2)41(39-19)18-21-4-6-22(7-5-21)29(42)36-10-3-11-40-12-14-44-15-13-40/h4-9,16-17H,3,10-15,18H2,1-2H3,(H,36,42)(H,38,43). The second-order valence-corrected chi connectivity index (χ2v) is 11.5. The van der Waals surface area contributed by atoms with E-state index in [1.807, 2.05) is 12.1 Å². The fraction of sp³-hybridized carbons (Fsp3) is 0.355. The Morgan fingerprint density at radius 1 is 1.02 bits per heavy atom. The predicted octanol–water partition coefficient (Wildman–Crippen LogP) is 5.58. The van der Waals surface area contributed by atoms with E-state index in [1.165, 1.54) is 6.07 Å². The molecule has 232 valence electrons. The zero-order valence-corrected chi connectivity index (χ0v) is 25.9. The molecule has 0 unspecified atom stereocenters. The summed E-state index contributed by atoms with van der Waals surface area (Å²) in [7, 11) is 0. The van der Waals surface area contributed by atoms with Gasteiger partial charge in [0, 0.05) is 35.1 Å². The maximum Gasteiger partial charge on any atom is 0.433 e. The number of pyridine rings is 1. The third kappa shape index (κ3) is 7.45. The summed E-state index contributed by atoms with van der Waals surface area (Å²) >= 11 is 3.32. The van der Waals surface area contributed by atoms with E-state index in [1.54, 1.807) is 42.8 Å². The lowest BCUT2D eigenvalue weighted by Crippen LogP contribution is -2.38. The van der Waals surface area contributed by atoms with E-state index in [0.717, 1.165) is 50.9 Å². The van der Waals surface area contributed by atoms with Gasteiger partial charge in [-0.05, 0) is 68.8 Å². The lowest BCUT2D eigenvalue weighted by atomic mass is 10.1. The average molecular weight is 674 g/mol. The Kier molecular flexibility index (Phi) is 9.66. The number of ether oxygens (including phenoxy) is 1. The van der Waals surface area contributed by atoms with Crippen molar-refractivity contribution in [2.45, 2.75) is 33.0 Å². The molecule has 9 nitrogen and oxygen atoms in total. The molecular formula is C31H32BrF3N6O3. The lowest BCUT2D eigenvalue weighted by molar-refractivity contribution is -0.141. The molecule has 2 aromatic heterocycles. The Bertz CT molecular complexity index is 1670. The highest BCUT2D eigenvalue weighted by atomic mass is 79.9. The van der Waals surface area contributed by atoms with Gasteiger partial charge in [0.1, 0.15) is 5.69 Å². The highest BCUT2D eigenvalue weighted by molar-refractivity contribution is 9.10. The van der Waals surface area contributed by atoms with Gasteiger partial charge in [-0.25, -0.2) is 4.98 Å². The van der Waals surface area contributed by atoms with Gasteiger partial charge in [0.05, 0.1) is 47.9 Å². The van der Waals surface area contributed by atoms with E-state index in [-0.39, 0.29) is 22.4 Å². The quantitative estimate of drug-likeness (QED) is 0.225. The van der Waals surface area contributed by atoms with Gasteiger partial charge in [-0.2, -0.15) is 18.3 Å². The van der Waals surface area contributed by atoms with Crippen LogP contribution in [0.4, 0.5) is 18.9 Å². The Morgan fingerprint density at radius 2 is 1.75 bits per heavy atom. The molecule has 2 amide bonds. The zero-order chi connectivity index (χ0) is 31.4. The highest BCUT2D eigenvalue weighted by Crippen LogP contribution is 2.32. The lowest BCUT2D eigenvalue weighted by Gasteiger charge is -2.26. The van der Waals surface area contributed by atoms with Crippen LogP contribution in [0, 0.1) is 13.8 Å². The Balaban J connectivity index is 1.24. The smallest absolute Gasteiger partial charge is 0.379 e. The molecule has 3 heterocycles. The SMILES string of the molecule is Cc1nn(Cc2ccc(C(=O)NCCCN3CCOCC3)cc2)c(C)c1NC(=O)c1cc(C(F)(F)F)nc2ccc(Br)cc12. The third-order valence-corrected chi connectivity index (χ3v) is 8.01. The number of aromatic nitrogens is 3. The van der Waals surface area contributed by atoms with Crippen molar-refractivity contribution in [3.8, 4) is 0 Å². The summed E-state index contributed by atoms with van der Waals surface area (Å²) < 4.78 is 48.4. The number of anilines is 1. The summed E-state index contributed by atoms with van der Waals surface area (Å²) in [5.41, 5.74) is 1.76. The second-order valence-electron chi connectivity index (χ2n) is 10.6. The molecule has 4 aromatic rings. The van der Waals surface area contributed by atoms with E-state index in [0.29, 0.717) is 40.2 Å². The Morgan fingerprint density at radius 3 is 2.45 bits per heavy atom. The molecule has 5 rings (SSSR count). The van der Waals surface area contributed by atoms with E-state index < -0.39 is 17.8 Å². The molecule has 0 radical (unpaired) electrons. The molecule has 13 heteroatoms. The van der Waals surface area contributed by atoms with Crippen LogP contribution >= 0.6 is 15.9 Å². The van der Waals surface area contributed by atoms with Crippen LogP contribution in [-0.2, 0) is 17.5 Å². The minimum absolute atomic E-state index is 0.0578. The summed E-state index contributed by atoms with van der Waals surface area (Å²) in [6.07, 6.45) is -3.86. The minimum atomic E-state index is -4.72. The number of halogens is 4. The van der Waals surface area contributed by atoms with Crippen molar-refractivity contribution >= 4 is 44.3 Å². The van der Waals surface area contributed by atoms with Crippen molar-refractivity contribution in [1.29, 1.82) is 0 Å². The molecule has 1 fully saturated rings. The van der Waals surface area contributed by atoms with E-state index in [9.17, 15) is 22.8 Å². The number of nitrogens with zero attached hydrogens (tertiary/aromatic N) is 4. The van der Waals surface area contributed by atoms with Crippen LogP contribution in [0.1, 0.15) is 49.8 Å². The second kappa shape index (κ2) is 13.4.